The Balaban J connectivity index is 1.71. The van der Waals surface area contributed by atoms with Gasteiger partial charge in [0.15, 0.2) is 0 Å². The van der Waals surface area contributed by atoms with Crippen LogP contribution in [0, 0.1) is 29.6 Å². The van der Waals surface area contributed by atoms with E-state index in [2.05, 4.69) is 24.9 Å². The Hall–Kier alpha value is -0.300. The van der Waals surface area contributed by atoms with Crippen molar-refractivity contribution < 1.29 is 0 Å². The Morgan fingerprint density at radius 3 is 2.22 bits per heavy atom. The van der Waals surface area contributed by atoms with Gasteiger partial charge in [-0.05, 0) is 81.1 Å². The Morgan fingerprint density at radius 2 is 1.72 bits per heavy atom. The summed E-state index contributed by atoms with van der Waals surface area (Å²) < 4.78 is 0. The Labute approximate surface area is 112 Å². The zero-order valence-electron chi connectivity index (χ0n) is 11.9. The average Bonchev–Trinajstić information content (AvgIpc) is 2.34. The molecule has 0 aromatic rings. The average molecular weight is 247 g/mol. The van der Waals surface area contributed by atoms with E-state index in [4.69, 9.17) is 0 Å². The molecule has 1 N–H and O–H groups in total. The molecule has 0 radical (unpaired) electrons. The van der Waals surface area contributed by atoms with Gasteiger partial charge in [-0.3, -0.25) is 0 Å². The SMILES string of the molecule is C=CCC(NCCC)C1C2CC3CC(C2)CC1C3. The van der Waals surface area contributed by atoms with Gasteiger partial charge in [-0.15, -0.1) is 6.58 Å². The molecule has 0 heterocycles. The molecular formula is C17H29N. The molecule has 18 heavy (non-hydrogen) atoms. The van der Waals surface area contributed by atoms with E-state index in [1.807, 2.05) is 0 Å². The van der Waals surface area contributed by atoms with Crippen molar-refractivity contribution in [1.29, 1.82) is 0 Å². The van der Waals surface area contributed by atoms with Crippen molar-refractivity contribution in [2.45, 2.75) is 57.9 Å². The first-order valence-corrected chi connectivity index (χ1v) is 8.16. The Kier molecular flexibility index (Phi) is 3.79. The second-order valence-electron chi connectivity index (χ2n) is 7.09. The predicted octanol–water partition coefficient (Wildman–Crippen LogP) is 4.00. The lowest BCUT2D eigenvalue weighted by molar-refractivity contribution is -0.0513. The van der Waals surface area contributed by atoms with Gasteiger partial charge in [0.2, 0.25) is 0 Å². The highest BCUT2D eigenvalue weighted by atomic mass is 14.9. The van der Waals surface area contributed by atoms with Crippen LogP contribution in [0.5, 0.6) is 0 Å². The standard InChI is InChI=1S/C17H29N/c1-3-5-16(18-6-4-2)17-14-8-12-7-13(10-14)11-15(17)9-12/h3,12-18H,1,4-11H2,2H3. The zero-order chi connectivity index (χ0) is 12.5. The van der Waals surface area contributed by atoms with Crippen molar-refractivity contribution in [1.82, 2.24) is 5.32 Å². The molecule has 4 saturated carbocycles. The summed E-state index contributed by atoms with van der Waals surface area (Å²) in [7, 11) is 0. The number of nitrogens with one attached hydrogen (secondary N) is 1. The van der Waals surface area contributed by atoms with E-state index in [0.717, 1.165) is 35.6 Å². The molecule has 1 atom stereocenters. The van der Waals surface area contributed by atoms with Crippen LogP contribution in [-0.2, 0) is 0 Å². The highest BCUT2D eigenvalue weighted by Crippen LogP contribution is 2.57. The lowest BCUT2D eigenvalue weighted by Gasteiger charge is -2.56. The second-order valence-corrected chi connectivity index (χ2v) is 7.09. The molecule has 4 bridgehead atoms. The minimum atomic E-state index is 0.720. The van der Waals surface area contributed by atoms with E-state index in [-0.39, 0.29) is 0 Å². The van der Waals surface area contributed by atoms with Crippen molar-refractivity contribution in [3.8, 4) is 0 Å². The monoisotopic (exact) mass is 247 g/mol. The van der Waals surface area contributed by atoms with E-state index in [9.17, 15) is 0 Å². The highest BCUT2D eigenvalue weighted by molar-refractivity contribution is 5.02. The molecule has 4 rings (SSSR count). The van der Waals surface area contributed by atoms with Gasteiger partial charge < -0.3 is 5.32 Å². The van der Waals surface area contributed by atoms with Gasteiger partial charge in [-0.1, -0.05) is 13.0 Å². The summed E-state index contributed by atoms with van der Waals surface area (Å²) >= 11 is 0. The first-order chi connectivity index (χ1) is 8.81. The van der Waals surface area contributed by atoms with Crippen LogP contribution in [-0.4, -0.2) is 12.6 Å². The molecule has 0 aromatic carbocycles. The third-order valence-corrected chi connectivity index (χ3v) is 5.84. The summed E-state index contributed by atoms with van der Waals surface area (Å²) in [6.07, 6.45) is 12.3. The van der Waals surface area contributed by atoms with Crippen LogP contribution < -0.4 is 5.32 Å². The maximum atomic E-state index is 3.98. The first kappa shape index (κ1) is 12.7. The van der Waals surface area contributed by atoms with Gasteiger partial charge >= 0.3 is 0 Å². The lowest BCUT2D eigenvalue weighted by atomic mass is 9.50. The number of hydrogen-bond donors (Lipinski definition) is 1. The molecule has 0 amide bonds. The normalized spacial score (nSPS) is 43.1. The van der Waals surface area contributed by atoms with E-state index >= 15 is 0 Å². The van der Waals surface area contributed by atoms with Crippen LogP contribution in [0.4, 0.5) is 0 Å². The third-order valence-electron chi connectivity index (χ3n) is 5.84. The molecule has 0 spiro atoms. The summed E-state index contributed by atoms with van der Waals surface area (Å²) in [4.78, 5) is 0. The van der Waals surface area contributed by atoms with Crippen LogP contribution in [0.15, 0.2) is 12.7 Å². The summed E-state index contributed by atoms with van der Waals surface area (Å²) in [5.74, 6) is 5.23. The highest BCUT2D eigenvalue weighted by Gasteiger charge is 2.49. The van der Waals surface area contributed by atoms with Crippen molar-refractivity contribution in [2.24, 2.45) is 29.6 Å². The fourth-order valence-corrected chi connectivity index (χ4v) is 5.51. The summed E-state index contributed by atoms with van der Waals surface area (Å²) in [6.45, 7) is 7.44. The summed E-state index contributed by atoms with van der Waals surface area (Å²) in [5, 5.41) is 3.83. The van der Waals surface area contributed by atoms with Crippen LogP contribution in [0.25, 0.3) is 0 Å². The van der Waals surface area contributed by atoms with Gasteiger partial charge in [0.05, 0.1) is 0 Å². The van der Waals surface area contributed by atoms with Crippen molar-refractivity contribution in [2.75, 3.05) is 6.54 Å². The maximum absolute atomic E-state index is 3.98. The van der Waals surface area contributed by atoms with E-state index < -0.39 is 0 Å². The van der Waals surface area contributed by atoms with Crippen LogP contribution in [0.1, 0.15) is 51.9 Å². The molecule has 102 valence electrons. The van der Waals surface area contributed by atoms with Gasteiger partial charge in [0, 0.05) is 6.04 Å². The van der Waals surface area contributed by atoms with Gasteiger partial charge in [0.1, 0.15) is 0 Å². The van der Waals surface area contributed by atoms with E-state index in [1.54, 1.807) is 32.1 Å². The number of hydrogen-bond acceptors (Lipinski definition) is 1. The molecule has 1 unspecified atom stereocenters. The number of rotatable bonds is 6. The van der Waals surface area contributed by atoms with Crippen LogP contribution in [0.2, 0.25) is 0 Å². The van der Waals surface area contributed by atoms with Crippen molar-refractivity contribution in [3.05, 3.63) is 12.7 Å². The molecule has 0 aliphatic heterocycles. The van der Waals surface area contributed by atoms with Crippen molar-refractivity contribution >= 4 is 0 Å². The molecule has 1 heteroatoms. The molecule has 4 aliphatic rings. The van der Waals surface area contributed by atoms with Gasteiger partial charge in [-0.2, -0.15) is 0 Å². The third kappa shape index (κ3) is 2.27. The Morgan fingerprint density at radius 1 is 1.11 bits per heavy atom. The van der Waals surface area contributed by atoms with Gasteiger partial charge in [0.25, 0.3) is 0 Å². The first-order valence-electron chi connectivity index (χ1n) is 8.16. The zero-order valence-corrected chi connectivity index (χ0v) is 11.9. The molecule has 4 fully saturated rings. The van der Waals surface area contributed by atoms with Crippen LogP contribution in [0.3, 0.4) is 0 Å². The smallest absolute Gasteiger partial charge is 0.0135 e. The summed E-state index contributed by atoms with van der Waals surface area (Å²) in [6, 6.07) is 0.720. The van der Waals surface area contributed by atoms with E-state index in [1.165, 1.54) is 19.4 Å². The minimum Gasteiger partial charge on any atom is -0.313 e. The predicted molar refractivity (Wildman–Crippen MR) is 77.4 cm³/mol. The summed E-state index contributed by atoms with van der Waals surface area (Å²) in [5.41, 5.74) is 0. The second kappa shape index (κ2) is 5.36. The molecule has 4 aliphatic carbocycles. The van der Waals surface area contributed by atoms with Crippen molar-refractivity contribution in [3.63, 3.8) is 0 Å². The maximum Gasteiger partial charge on any atom is 0.0135 e. The molecule has 0 aromatic heterocycles. The fourth-order valence-electron chi connectivity index (χ4n) is 5.51. The van der Waals surface area contributed by atoms with Gasteiger partial charge in [-0.25, -0.2) is 0 Å². The minimum absolute atomic E-state index is 0.720. The quantitative estimate of drug-likeness (QED) is 0.699. The fraction of sp³-hybridized carbons (Fsp3) is 0.882. The topological polar surface area (TPSA) is 12.0 Å². The molecule has 0 saturated heterocycles. The largest absolute Gasteiger partial charge is 0.313 e. The molecular weight excluding hydrogens is 218 g/mol. The molecule has 1 nitrogen and oxygen atoms in total. The van der Waals surface area contributed by atoms with E-state index in [0.29, 0.717) is 0 Å². The Bertz CT molecular complexity index is 268. The lowest BCUT2D eigenvalue weighted by Crippen LogP contribution is -2.53. The van der Waals surface area contributed by atoms with Crippen LogP contribution >= 0.6 is 0 Å².